The normalized spacial score (nSPS) is 13.5. The molecule has 0 fully saturated rings. The molecular weight excluding hydrogens is 704 g/mol. The van der Waals surface area contributed by atoms with Gasteiger partial charge in [0.2, 0.25) is 9.84 Å². The number of thiophene rings is 1. The molecule has 1 aliphatic heterocycles. The molecule has 32 heavy (non-hydrogen) atoms. The van der Waals surface area contributed by atoms with Crippen LogP contribution < -0.4 is 0 Å². The molecule has 0 unspecified atom stereocenters. The SMILES string of the molecule is Brc1ccc2sc3ccc(Br)cc3c2c1.O=S1(=O)c2ccc(Br)cc2-c2cc(Br)ccc21.[H-]. The highest BCUT2D eigenvalue weighted by molar-refractivity contribution is 9.11. The van der Waals surface area contributed by atoms with E-state index in [2.05, 4.69) is 100 Å². The minimum absolute atomic E-state index is 0. The number of rotatable bonds is 0. The summed E-state index contributed by atoms with van der Waals surface area (Å²) in [5.41, 5.74) is 1.52. The lowest BCUT2D eigenvalue weighted by molar-refractivity contribution is 0.598. The lowest BCUT2D eigenvalue weighted by atomic mass is 10.1. The first-order chi connectivity index (χ1) is 15.2. The quantitative estimate of drug-likeness (QED) is 0.157. The van der Waals surface area contributed by atoms with Gasteiger partial charge in [-0.1, -0.05) is 63.7 Å². The summed E-state index contributed by atoms with van der Waals surface area (Å²) < 4.78 is 31.2. The van der Waals surface area contributed by atoms with Crippen LogP contribution in [0.25, 0.3) is 31.3 Å². The predicted octanol–water partition coefficient (Wildman–Crippen LogP) is 9.72. The van der Waals surface area contributed by atoms with E-state index in [0.29, 0.717) is 9.79 Å². The summed E-state index contributed by atoms with van der Waals surface area (Å²) >= 11 is 15.6. The van der Waals surface area contributed by atoms with E-state index in [1.807, 2.05) is 23.5 Å². The van der Waals surface area contributed by atoms with E-state index in [9.17, 15) is 8.42 Å². The Balaban J connectivity index is 0.000000153. The van der Waals surface area contributed by atoms with E-state index in [1.165, 1.54) is 20.2 Å². The van der Waals surface area contributed by atoms with Gasteiger partial charge in [0.1, 0.15) is 0 Å². The van der Waals surface area contributed by atoms with Gasteiger partial charge < -0.3 is 1.43 Å². The number of fused-ring (bicyclic) bond motifs is 6. The van der Waals surface area contributed by atoms with Crippen LogP contribution >= 0.6 is 75.1 Å². The number of halogens is 4. The van der Waals surface area contributed by atoms with Crippen LogP contribution in [-0.2, 0) is 9.84 Å². The Morgan fingerprint density at radius 2 is 0.938 bits per heavy atom. The molecule has 162 valence electrons. The fourth-order valence-electron chi connectivity index (χ4n) is 3.73. The Morgan fingerprint density at radius 1 is 0.562 bits per heavy atom. The Bertz CT molecular complexity index is 1530. The lowest BCUT2D eigenvalue weighted by Gasteiger charge is -1.99. The smallest absolute Gasteiger partial charge is 0.207 e. The highest BCUT2D eigenvalue weighted by Gasteiger charge is 2.32. The number of sulfone groups is 1. The molecule has 0 spiro atoms. The molecule has 0 aliphatic carbocycles. The molecule has 6 rings (SSSR count). The van der Waals surface area contributed by atoms with E-state index in [0.717, 1.165) is 29.0 Å². The van der Waals surface area contributed by atoms with Crippen molar-refractivity contribution in [2.24, 2.45) is 0 Å². The summed E-state index contributed by atoms with van der Waals surface area (Å²) in [4.78, 5) is 0.766. The van der Waals surface area contributed by atoms with Gasteiger partial charge in [-0.3, -0.25) is 0 Å². The zero-order valence-corrected chi connectivity index (χ0v) is 24.1. The van der Waals surface area contributed by atoms with Gasteiger partial charge in [-0.25, -0.2) is 8.42 Å². The lowest BCUT2D eigenvalue weighted by Crippen LogP contribution is -1.95. The van der Waals surface area contributed by atoms with Crippen LogP contribution in [0.5, 0.6) is 0 Å². The summed E-state index contributed by atoms with van der Waals surface area (Å²) in [5.74, 6) is 0. The Hall–Kier alpha value is -1.03. The summed E-state index contributed by atoms with van der Waals surface area (Å²) in [6.07, 6.45) is 0. The van der Waals surface area contributed by atoms with Gasteiger partial charge in [0.15, 0.2) is 0 Å². The van der Waals surface area contributed by atoms with Crippen LogP contribution in [-0.4, -0.2) is 8.42 Å². The van der Waals surface area contributed by atoms with E-state index in [4.69, 9.17) is 0 Å². The van der Waals surface area contributed by atoms with Crippen molar-refractivity contribution >= 4 is 105 Å². The van der Waals surface area contributed by atoms with Crippen molar-refractivity contribution in [3.8, 4) is 11.1 Å². The number of hydrogen-bond donors (Lipinski definition) is 0. The van der Waals surface area contributed by atoms with Crippen LogP contribution in [0.3, 0.4) is 0 Å². The zero-order chi connectivity index (χ0) is 22.6. The van der Waals surface area contributed by atoms with Gasteiger partial charge >= 0.3 is 0 Å². The Morgan fingerprint density at radius 3 is 1.38 bits per heavy atom. The van der Waals surface area contributed by atoms with Gasteiger partial charge in [0, 0.05) is 49.2 Å². The van der Waals surface area contributed by atoms with Crippen molar-refractivity contribution in [1.29, 1.82) is 0 Å². The van der Waals surface area contributed by atoms with Crippen LogP contribution in [0.2, 0.25) is 0 Å². The largest absolute Gasteiger partial charge is 1.00 e. The molecule has 0 atom stereocenters. The number of benzene rings is 4. The molecule has 0 radical (unpaired) electrons. The van der Waals surface area contributed by atoms with Crippen molar-refractivity contribution in [1.82, 2.24) is 0 Å². The summed E-state index contributed by atoms with van der Waals surface area (Å²) in [6, 6.07) is 23.3. The molecule has 0 N–H and O–H groups in total. The third kappa shape index (κ3) is 4.03. The first kappa shape index (κ1) is 22.7. The molecule has 5 aromatic rings. The molecule has 1 aliphatic rings. The summed E-state index contributed by atoms with van der Waals surface area (Å²) in [6.45, 7) is 0. The molecule has 8 heteroatoms. The van der Waals surface area contributed by atoms with Crippen molar-refractivity contribution in [2.75, 3.05) is 0 Å². The maximum absolute atomic E-state index is 12.3. The predicted molar refractivity (Wildman–Crippen MR) is 149 cm³/mol. The first-order valence-corrected chi connectivity index (χ1v) is 14.8. The van der Waals surface area contributed by atoms with E-state index >= 15 is 0 Å². The first-order valence-electron chi connectivity index (χ1n) is 9.36. The van der Waals surface area contributed by atoms with E-state index in [-0.39, 0.29) is 1.43 Å². The van der Waals surface area contributed by atoms with Gasteiger partial charge in [-0.05, 0) is 72.8 Å². The second-order valence-corrected chi connectivity index (χ2v) is 13.8. The van der Waals surface area contributed by atoms with Crippen molar-refractivity contribution in [2.45, 2.75) is 9.79 Å². The van der Waals surface area contributed by atoms with Crippen molar-refractivity contribution < 1.29 is 9.84 Å². The molecule has 4 aromatic carbocycles. The number of hydrogen-bond acceptors (Lipinski definition) is 3. The van der Waals surface area contributed by atoms with Crippen LogP contribution in [0.4, 0.5) is 0 Å². The van der Waals surface area contributed by atoms with Crippen molar-refractivity contribution in [3.05, 3.63) is 90.7 Å². The standard InChI is InChI=1S/C12H6Br2O2S.C12H6Br2S.H/c13-7-1-3-11-9(5-7)10-6-8(14)2-4-12(10)17(11,15)16;13-7-1-3-11-9(5-7)10-6-8(14)2-4-12(10)15-11;/h1-6H;1-6H;/q;;-1. The molecule has 0 bridgehead atoms. The Kier molecular flexibility index (Phi) is 6.14. The van der Waals surface area contributed by atoms with Crippen LogP contribution in [0, 0.1) is 0 Å². The molecule has 0 amide bonds. The molecule has 2 nitrogen and oxygen atoms in total. The van der Waals surface area contributed by atoms with Gasteiger partial charge in [-0.15, -0.1) is 11.3 Å². The van der Waals surface area contributed by atoms with Gasteiger partial charge in [-0.2, -0.15) is 0 Å². The molecule has 0 saturated heterocycles. The molecule has 0 saturated carbocycles. The third-order valence-electron chi connectivity index (χ3n) is 5.15. The molecule has 2 heterocycles. The van der Waals surface area contributed by atoms with Crippen molar-refractivity contribution in [3.63, 3.8) is 0 Å². The highest BCUT2D eigenvalue weighted by Crippen LogP contribution is 2.45. The fourth-order valence-corrected chi connectivity index (χ4v) is 7.89. The minimum Gasteiger partial charge on any atom is -1.00 e. The van der Waals surface area contributed by atoms with Crippen LogP contribution in [0.15, 0.2) is 100 Å². The minimum atomic E-state index is -3.34. The maximum Gasteiger partial charge on any atom is 0.207 e. The Labute approximate surface area is 224 Å². The van der Waals surface area contributed by atoms with Gasteiger partial charge in [0.25, 0.3) is 0 Å². The third-order valence-corrected chi connectivity index (χ3v) is 10.1. The summed E-state index contributed by atoms with van der Waals surface area (Å²) in [5, 5.41) is 2.65. The monoisotopic (exact) mass is 713 g/mol. The second-order valence-electron chi connectivity index (χ2n) is 7.17. The molecule has 1 aromatic heterocycles. The van der Waals surface area contributed by atoms with E-state index < -0.39 is 9.84 Å². The maximum atomic E-state index is 12.3. The second kappa shape index (κ2) is 8.64. The summed E-state index contributed by atoms with van der Waals surface area (Å²) in [7, 11) is -3.34. The molecular formula is C24H13Br4O2S2-. The zero-order valence-electron chi connectivity index (χ0n) is 17.1. The average Bonchev–Trinajstić information content (AvgIpc) is 3.20. The van der Waals surface area contributed by atoms with Gasteiger partial charge in [0.05, 0.1) is 9.79 Å². The highest BCUT2D eigenvalue weighted by atomic mass is 79.9. The fraction of sp³-hybridized carbons (Fsp3) is 0. The topological polar surface area (TPSA) is 34.1 Å². The average molecular weight is 717 g/mol. The van der Waals surface area contributed by atoms with Crippen LogP contribution in [0.1, 0.15) is 1.43 Å². The van der Waals surface area contributed by atoms with E-state index in [1.54, 1.807) is 24.3 Å².